The van der Waals surface area contributed by atoms with Gasteiger partial charge in [0.25, 0.3) is 11.5 Å². The zero-order chi connectivity index (χ0) is 14.6. The zero-order valence-corrected chi connectivity index (χ0v) is 11.3. The Morgan fingerprint density at radius 1 is 1.53 bits per heavy atom. The molecule has 0 unspecified atom stereocenters. The molecule has 0 saturated heterocycles. The van der Waals surface area contributed by atoms with E-state index in [2.05, 4.69) is 26.0 Å². The third kappa shape index (κ3) is 5.43. The standard InChI is InChI=1S/C10H10BrF3N2O3/c1-16-3-6(11)2-7(9(16)18)15-8(17)4-19-5-10(12,13)14/h2-3H,4-5H2,1H3,(H,15,17). The van der Waals surface area contributed by atoms with Crippen LogP contribution in [0.15, 0.2) is 21.5 Å². The van der Waals surface area contributed by atoms with Gasteiger partial charge in [-0.3, -0.25) is 9.59 Å². The molecule has 0 bridgehead atoms. The van der Waals surface area contributed by atoms with Crippen molar-refractivity contribution in [2.45, 2.75) is 6.18 Å². The number of nitrogens with zero attached hydrogens (tertiary/aromatic N) is 1. The average molecular weight is 343 g/mol. The Morgan fingerprint density at radius 2 is 2.16 bits per heavy atom. The third-order valence-corrected chi connectivity index (χ3v) is 2.36. The molecule has 0 aromatic carbocycles. The van der Waals surface area contributed by atoms with E-state index in [4.69, 9.17) is 0 Å². The molecular weight excluding hydrogens is 333 g/mol. The lowest BCUT2D eigenvalue weighted by molar-refractivity contribution is -0.174. The predicted octanol–water partition coefficient (Wildman–Crippen LogP) is 1.67. The summed E-state index contributed by atoms with van der Waals surface area (Å²) in [5.41, 5.74) is -0.523. The number of nitrogens with one attached hydrogen (secondary N) is 1. The van der Waals surface area contributed by atoms with E-state index in [1.54, 1.807) is 0 Å². The number of aryl methyl sites for hydroxylation is 1. The van der Waals surface area contributed by atoms with Gasteiger partial charge >= 0.3 is 6.18 Å². The van der Waals surface area contributed by atoms with Crippen molar-refractivity contribution in [3.05, 3.63) is 27.1 Å². The molecule has 106 valence electrons. The largest absolute Gasteiger partial charge is 0.411 e. The Labute approximate surface area is 114 Å². The van der Waals surface area contributed by atoms with Crippen molar-refractivity contribution in [1.82, 2.24) is 4.57 Å². The number of alkyl halides is 3. The van der Waals surface area contributed by atoms with Gasteiger partial charge in [-0.1, -0.05) is 0 Å². The lowest BCUT2D eigenvalue weighted by atomic mass is 10.4. The molecule has 0 aliphatic rings. The van der Waals surface area contributed by atoms with Gasteiger partial charge in [0, 0.05) is 17.7 Å². The minimum absolute atomic E-state index is 0.0440. The first-order valence-corrected chi connectivity index (χ1v) is 5.79. The number of hydrogen-bond acceptors (Lipinski definition) is 3. The first-order valence-electron chi connectivity index (χ1n) is 4.99. The Kier molecular flexibility index (Phi) is 5.12. The molecule has 1 heterocycles. The van der Waals surface area contributed by atoms with E-state index in [0.29, 0.717) is 4.47 Å². The number of ether oxygens (including phenoxy) is 1. The molecule has 1 rings (SSSR count). The maximum atomic E-state index is 11.8. The highest BCUT2D eigenvalue weighted by molar-refractivity contribution is 9.10. The minimum atomic E-state index is -4.49. The van der Waals surface area contributed by atoms with Gasteiger partial charge < -0.3 is 14.6 Å². The number of carbonyl (C=O) groups is 1. The number of rotatable bonds is 4. The van der Waals surface area contributed by atoms with Crippen molar-refractivity contribution in [3.63, 3.8) is 0 Å². The van der Waals surface area contributed by atoms with Crippen LogP contribution in [-0.2, 0) is 16.6 Å². The number of halogens is 4. The van der Waals surface area contributed by atoms with Crippen LogP contribution < -0.4 is 10.9 Å². The van der Waals surface area contributed by atoms with Gasteiger partial charge in [0.05, 0.1) is 0 Å². The van der Waals surface area contributed by atoms with Crippen LogP contribution in [0.3, 0.4) is 0 Å². The van der Waals surface area contributed by atoms with E-state index in [0.717, 1.165) is 0 Å². The number of aromatic nitrogens is 1. The van der Waals surface area contributed by atoms with Gasteiger partial charge in [0.15, 0.2) is 0 Å². The molecule has 0 fully saturated rings. The lowest BCUT2D eigenvalue weighted by Crippen LogP contribution is -2.28. The molecule has 5 nitrogen and oxygen atoms in total. The maximum Gasteiger partial charge on any atom is 0.411 e. The van der Waals surface area contributed by atoms with Gasteiger partial charge in [-0.15, -0.1) is 0 Å². The van der Waals surface area contributed by atoms with E-state index < -0.39 is 30.9 Å². The molecule has 0 atom stereocenters. The fourth-order valence-electron chi connectivity index (χ4n) is 1.21. The number of pyridine rings is 1. The van der Waals surface area contributed by atoms with Gasteiger partial charge in [0.2, 0.25) is 0 Å². The van der Waals surface area contributed by atoms with Crippen molar-refractivity contribution >= 4 is 27.5 Å². The van der Waals surface area contributed by atoms with Crippen LogP contribution in [0.1, 0.15) is 0 Å². The zero-order valence-electron chi connectivity index (χ0n) is 9.75. The highest BCUT2D eigenvalue weighted by Crippen LogP contribution is 2.14. The van der Waals surface area contributed by atoms with Crippen molar-refractivity contribution < 1.29 is 22.7 Å². The van der Waals surface area contributed by atoms with Crippen LogP contribution in [0.5, 0.6) is 0 Å². The molecule has 0 radical (unpaired) electrons. The summed E-state index contributed by atoms with van der Waals surface area (Å²) in [6, 6.07) is 1.35. The Hall–Kier alpha value is -1.35. The molecule has 19 heavy (non-hydrogen) atoms. The van der Waals surface area contributed by atoms with Crippen LogP contribution in [0.4, 0.5) is 18.9 Å². The summed E-state index contributed by atoms with van der Waals surface area (Å²) in [5, 5.41) is 2.18. The summed E-state index contributed by atoms with van der Waals surface area (Å²) in [4.78, 5) is 22.9. The fraction of sp³-hybridized carbons (Fsp3) is 0.400. The minimum Gasteiger partial charge on any atom is -0.362 e. The Balaban J connectivity index is 2.61. The molecular formula is C10H10BrF3N2O3. The van der Waals surface area contributed by atoms with Crippen molar-refractivity contribution in [1.29, 1.82) is 0 Å². The van der Waals surface area contributed by atoms with Crippen LogP contribution in [-0.4, -0.2) is 29.9 Å². The quantitative estimate of drug-likeness (QED) is 0.905. The van der Waals surface area contributed by atoms with E-state index >= 15 is 0 Å². The molecule has 0 aliphatic heterocycles. The van der Waals surface area contributed by atoms with E-state index in [-0.39, 0.29) is 5.69 Å². The van der Waals surface area contributed by atoms with E-state index in [1.165, 1.54) is 23.9 Å². The number of anilines is 1. The van der Waals surface area contributed by atoms with E-state index in [1.807, 2.05) is 0 Å². The molecule has 1 aromatic heterocycles. The fourth-order valence-corrected chi connectivity index (χ4v) is 1.74. The van der Waals surface area contributed by atoms with Crippen molar-refractivity contribution in [2.24, 2.45) is 7.05 Å². The molecule has 0 aliphatic carbocycles. The highest BCUT2D eigenvalue weighted by atomic mass is 79.9. The summed E-state index contributed by atoms with van der Waals surface area (Å²) in [5.74, 6) is -0.834. The third-order valence-electron chi connectivity index (χ3n) is 1.92. The average Bonchev–Trinajstić information content (AvgIpc) is 2.23. The smallest absolute Gasteiger partial charge is 0.362 e. The van der Waals surface area contributed by atoms with Gasteiger partial charge in [-0.25, -0.2) is 0 Å². The summed E-state index contributed by atoms with van der Waals surface area (Å²) in [7, 11) is 1.48. The summed E-state index contributed by atoms with van der Waals surface area (Å²) in [6.45, 7) is -2.30. The number of carbonyl (C=O) groups excluding carboxylic acids is 1. The molecule has 1 N–H and O–H groups in total. The molecule has 0 saturated carbocycles. The Bertz CT molecular complexity index is 528. The van der Waals surface area contributed by atoms with Gasteiger partial charge in [-0.05, 0) is 22.0 Å². The summed E-state index contributed by atoms with van der Waals surface area (Å²) >= 11 is 3.12. The summed E-state index contributed by atoms with van der Waals surface area (Å²) in [6.07, 6.45) is -3.01. The van der Waals surface area contributed by atoms with Gasteiger partial charge in [0.1, 0.15) is 18.9 Å². The van der Waals surface area contributed by atoms with Gasteiger partial charge in [-0.2, -0.15) is 13.2 Å². The second-order valence-corrected chi connectivity index (χ2v) is 4.56. The van der Waals surface area contributed by atoms with Crippen molar-refractivity contribution in [2.75, 3.05) is 18.5 Å². The lowest BCUT2D eigenvalue weighted by Gasteiger charge is -2.09. The Morgan fingerprint density at radius 3 is 2.74 bits per heavy atom. The van der Waals surface area contributed by atoms with E-state index in [9.17, 15) is 22.8 Å². The van der Waals surface area contributed by atoms with Crippen LogP contribution in [0.25, 0.3) is 0 Å². The predicted molar refractivity (Wildman–Crippen MR) is 64.9 cm³/mol. The maximum absolute atomic E-state index is 11.8. The second kappa shape index (κ2) is 6.20. The van der Waals surface area contributed by atoms with Crippen molar-refractivity contribution in [3.8, 4) is 0 Å². The number of amides is 1. The SMILES string of the molecule is Cn1cc(Br)cc(NC(=O)COCC(F)(F)F)c1=O. The summed E-state index contributed by atoms with van der Waals surface area (Å²) < 4.78 is 41.3. The first-order chi connectivity index (χ1) is 8.69. The molecule has 1 amide bonds. The molecule has 1 aromatic rings. The van der Waals surface area contributed by atoms with Crippen LogP contribution in [0, 0.1) is 0 Å². The highest BCUT2D eigenvalue weighted by Gasteiger charge is 2.27. The van der Waals surface area contributed by atoms with Crippen LogP contribution >= 0.6 is 15.9 Å². The topological polar surface area (TPSA) is 60.3 Å². The molecule has 9 heteroatoms. The van der Waals surface area contributed by atoms with Crippen LogP contribution in [0.2, 0.25) is 0 Å². The normalized spacial score (nSPS) is 11.4. The number of hydrogen-bond donors (Lipinski definition) is 1. The molecule has 0 spiro atoms. The second-order valence-electron chi connectivity index (χ2n) is 3.64. The monoisotopic (exact) mass is 342 g/mol. The first kappa shape index (κ1) is 15.7.